The molecular formula is C15H16N6O. The first-order valence-electron chi connectivity index (χ1n) is 7.22. The maximum atomic E-state index is 5.72. The second-order valence-electron chi connectivity index (χ2n) is 5.73. The molecule has 0 aromatic carbocycles. The lowest BCUT2D eigenvalue weighted by Crippen LogP contribution is -1.99. The predicted molar refractivity (Wildman–Crippen MR) is 81.7 cm³/mol. The molecule has 0 aliphatic carbocycles. The number of nitrogens with zero attached hydrogens (tertiary/aromatic N) is 5. The zero-order valence-electron chi connectivity index (χ0n) is 12.9. The summed E-state index contributed by atoms with van der Waals surface area (Å²) in [6.45, 7) is 7.92. The maximum Gasteiger partial charge on any atom is 0.201 e. The lowest BCUT2D eigenvalue weighted by atomic mass is 10.2. The van der Waals surface area contributed by atoms with E-state index < -0.39 is 0 Å². The van der Waals surface area contributed by atoms with E-state index >= 15 is 0 Å². The number of hydrogen-bond donors (Lipinski definition) is 1. The third kappa shape index (κ3) is 1.82. The van der Waals surface area contributed by atoms with Gasteiger partial charge in [-0.25, -0.2) is 15.0 Å². The highest BCUT2D eigenvalue weighted by atomic mass is 16.3. The van der Waals surface area contributed by atoms with Crippen LogP contribution in [0.5, 0.6) is 0 Å². The Morgan fingerprint density at radius 3 is 2.64 bits per heavy atom. The lowest BCUT2D eigenvalue weighted by Gasteiger charge is -2.00. The van der Waals surface area contributed by atoms with Crippen LogP contribution in [0.1, 0.15) is 37.2 Å². The molecule has 7 nitrogen and oxygen atoms in total. The minimum Gasteiger partial charge on any atom is -0.458 e. The van der Waals surface area contributed by atoms with Gasteiger partial charge in [0.2, 0.25) is 5.82 Å². The van der Waals surface area contributed by atoms with E-state index in [0.717, 1.165) is 22.9 Å². The van der Waals surface area contributed by atoms with Crippen molar-refractivity contribution in [2.24, 2.45) is 0 Å². The largest absolute Gasteiger partial charge is 0.458 e. The molecule has 0 atom stereocenters. The zero-order valence-corrected chi connectivity index (χ0v) is 12.9. The third-order valence-electron chi connectivity index (χ3n) is 3.53. The van der Waals surface area contributed by atoms with Crippen molar-refractivity contribution in [3.05, 3.63) is 29.5 Å². The average Bonchev–Trinajstić information content (AvgIpc) is 3.13. The number of aryl methyl sites for hydroxylation is 2. The van der Waals surface area contributed by atoms with E-state index in [1.807, 2.05) is 26.0 Å². The molecule has 0 aliphatic heterocycles. The molecule has 0 bridgehead atoms. The van der Waals surface area contributed by atoms with Crippen LogP contribution in [-0.2, 0) is 0 Å². The summed E-state index contributed by atoms with van der Waals surface area (Å²) in [5, 5.41) is 4.59. The summed E-state index contributed by atoms with van der Waals surface area (Å²) in [5.74, 6) is 3.90. The Morgan fingerprint density at radius 1 is 1.14 bits per heavy atom. The van der Waals surface area contributed by atoms with Crippen LogP contribution in [0.25, 0.3) is 28.4 Å². The van der Waals surface area contributed by atoms with Gasteiger partial charge in [0.15, 0.2) is 28.4 Å². The minimum absolute atomic E-state index is 0.223. The van der Waals surface area contributed by atoms with Crippen LogP contribution in [0, 0.1) is 13.8 Å². The van der Waals surface area contributed by atoms with Crippen molar-refractivity contribution in [2.75, 3.05) is 0 Å². The van der Waals surface area contributed by atoms with Gasteiger partial charge >= 0.3 is 0 Å². The fraction of sp³-hybridized carbons (Fsp3) is 0.333. The fourth-order valence-corrected chi connectivity index (χ4v) is 2.46. The van der Waals surface area contributed by atoms with Gasteiger partial charge < -0.3 is 9.40 Å². The quantitative estimate of drug-likeness (QED) is 0.614. The molecule has 4 aromatic rings. The van der Waals surface area contributed by atoms with Crippen molar-refractivity contribution in [1.29, 1.82) is 0 Å². The maximum absolute atomic E-state index is 5.72. The highest BCUT2D eigenvalue weighted by Crippen LogP contribution is 2.25. The molecule has 0 saturated heterocycles. The summed E-state index contributed by atoms with van der Waals surface area (Å²) >= 11 is 0. The third-order valence-corrected chi connectivity index (χ3v) is 3.53. The van der Waals surface area contributed by atoms with E-state index in [1.165, 1.54) is 0 Å². The number of aromatic nitrogens is 6. The fourth-order valence-electron chi connectivity index (χ4n) is 2.46. The van der Waals surface area contributed by atoms with Gasteiger partial charge in [-0.15, -0.1) is 5.10 Å². The molecule has 0 spiro atoms. The van der Waals surface area contributed by atoms with Gasteiger partial charge in [-0.2, -0.15) is 4.52 Å². The van der Waals surface area contributed by atoms with Crippen LogP contribution in [0.15, 0.2) is 16.5 Å². The minimum atomic E-state index is 0.223. The van der Waals surface area contributed by atoms with E-state index in [4.69, 9.17) is 4.42 Å². The highest BCUT2D eigenvalue weighted by molar-refractivity contribution is 5.87. The SMILES string of the molecule is Cc1nc2c(nc(-c3ccc(C)o3)n3nc(C(C)C)nc23)[nH]1. The predicted octanol–water partition coefficient (Wildman–Crippen LogP) is 3.00. The summed E-state index contributed by atoms with van der Waals surface area (Å²) in [7, 11) is 0. The van der Waals surface area contributed by atoms with Crippen molar-refractivity contribution in [2.45, 2.75) is 33.6 Å². The van der Waals surface area contributed by atoms with E-state index in [2.05, 4.69) is 38.9 Å². The second kappa shape index (κ2) is 4.40. The number of H-pyrrole nitrogens is 1. The van der Waals surface area contributed by atoms with Crippen molar-refractivity contribution in [3.8, 4) is 11.6 Å². The van der Waals surface area contributed by atoms with Gasteiger partial charge in [0, 0.05) is 5.92 Å². The normalized spacial score (nSPS) is 12.0. The molecule has 4 aromatic heterocycles. The lowest BCUT2D eigenvalue weighted by molar-refractivity contribution is 0.541. The Bertz CT molecular complexity index is 990. The molecule has 4 heterocycles. The number of rotatable bonds is 2. The second-order valence-corrected chi connectivity index (χ2v) is 5.73. The number of aromatic amines is 1. The molecule has 0 aliphatic rings. The Balaban J connectivity index is 2.12. The molecule has 4 rings (SSSR count). The van der Waals surface area contributed by atoms with Crippen molar-refractivity contribution >= 4 is 16.8 Å². The van der Waals surface area contributed by atoms with Gasteiger partial charge in [-0.05, 0) is 26.0 Å². The van der Waals surface area contributed by atoms with Crippen molar-refractivity contribution < 1.29 is 4.42 Å². The Hall–Kier alpha value is -2.70. The summed E-state index contributed by atoms with van der Waals surface area (Å²) < 4.78 is 7.44. The molecule has 0 saturated carbocycles. The molecule has 0 unspecified atom stereocenters. The van der Waals surface area contributed by atoms with Crippen LogP contribution in [0.4, 0.5) is 0 Å². The molecule has 0 fully saturated rings. The van der Waals surface area contributed by atoms with E-state index in [0.29, 0.717) is 22.9 Å². The standard InChI is InChI=1S/C15H16N6O/c1-7(2)12-18-15-11-13(17-9(4)16-11)19-14(21(15)20-12)10-6-5-8(3)22-10/h5-7H,1-4H3,(H,16,17). The number of furan rings is 1. The summed E-state index contributed by atoms with van der Waals surface area (Å²) in [6.07, 6.45) is 0. The molecule has 0 amide bonds. The van der Waals surface area contributed by atoms with Gasteiger partial charge in [-0.1, -0.05) is 13.8 Å². The van der Waals surface area contributed by atoms with Crippen molar-refractivity contribution in [1.82, 2.24) is 29.5 Å². The smallest absolute Gasteiger partial charge is 0.201 e. The Labute approximate surface area is 126 Å². The molecule has 112 valence electrons. The molecule has 22 heavy (non-hydrogen) atoms. The van der Waals surface area contributed by atoms with E-state index in [-0.39, 0.29) is 5.92 Å². The number of nitrogens with one attached hydrogen (secondary N) is 1. The van der Waals surface area contributed by atoms with Crippen LogP contribution in [0.2, 0.25) is 0 Å². The van der Waals surface area contributed by atoms with Gasteiger partial charge in [-0.3, -0.25) is 0 Å². The van der Waals surface area contributed by atoms with Crippen LogP contribution in [0.3, 0.4) is 0 Å². The first-order valence-corrected chi connectivity index (χ1v) is 7.22. The molecular weight excluding hydrogens is 280 g/mol. The zero-order chi connectivity index (χ0) is 15.4. The number of imidazole rings is 1. The first kappa shape index (κ1) is 13.0. The Kier molecular flexibility index (Phi) is 2.60. The van der Waals surface area contributed by atoms with Crippen molar-refractivity contribution in [3.63, 3.8) is 0 Å². The van der Waals surface area contributed by atoms with Gasteiger partial charge in [0.05, 0.1) is 0 Å². The molecule has 1 N–H and O–H groups in total. The number of fused-ring (bicyclic) bond motifs is 3. The van der Waals surface area contributed by atoms with Crippen LogP contribution in [-0.4, -0.2) is 29.5 Å². The van der Waals surface area contributed by atoms with E-state index in [1.54, 1.807) is 4.52 Å². The monoisotopic (exact) mass is 296 g/mol. The van der Waals surface area contributed by atoms with Crippen LogP contribution >= 0.6 is 0 Å². The summed E-state index contributed by atoms with van der Waals surface area (Å²) in [6, 6.07) is 3.80. The Morgan fingerprint density at radius 2 is 1.95 bits per heavy atom. The average molecular weight is 296 g/mol. The van der Waals surface area contributed by atoms with Crippen LogP contribution < -0.4 is 0 Å². The first-order chi connectivity index (χ1) is 10.5. The van der Waals surface area contributed by atoms with Gasteiger partial charge in [0.25, 0.3) is 0 Å². The number of hydrogen-bond acceptors (Lipinski definition) is 5. The summed E-state index contributed by atoms with van der Waals surface area (Å²) in [4.78, 5) is 16.9. The van der Waals surface area contributed by atoms with E-state index in [9.17, 15) is 0 Å². The topological polar surface area (TPSA) is 84.9 Å². The van der Waals surface area contributed by atoms with Gasteiger partial charge in [0.1, 0.15) is 11.6 Å². The molecule has 7 heteroatoms. The molecule has 0 radical (unpaired) electrons. The summed E-state index contributed by atoms with van der Waals surface area (Å²) in [5.41, 5.74) is 2.11. The highest BCUT2D eigenvalue weighted by Gasteiger charge is 2.19.